The van der Waals surface area contributed by atoms with E-state index in [9.17, 15) is 35.9 Å². The molecule has 0 aromatic heterocycles. The largest absolute Gasteiger partial charge is 0.505 e. The summed E-state index contributed by atoms with van der Waals surface area (Å²) in [4.78, 5) is 10.3. The molecule has 0 spiro atoms. The maximum atomic E-state index is 13.5. The van der Waals surface area contributed by atoms with Gasteiger partial charge in [0.1, 0.15) is 0 Å². The molecule has 1 aromatic rings. The summed E-state index contributed by atoms with van der Waals surface area (Å²) in [6.45, 7) is 1.16. The number of sulfone groups is 1. The van der Waals surface area contributed by atoms with Crippen molar-refractivity contribution in [1.29, 1.82) is 0 Å². The lowest BCUT2D eigenvalue weighted by Crippen LogP contribution is -2.38. The van der Waals surface area contributed by atoms with Crippen molar-refractivity contribution in [2.45, 2.75) is 24.4 Å². The summed E-state index contributed by atoms with van der Waals surface area (Å²) in [5, 5.41) is 11.0. The van der Waals surface area contributed by atoms with Crippen LogP contribution in [0.15, 0.2) is 17.0 Å². The first kappa shape index (κ1) is 24.1. The number of phenolic OH excluding ortho intramolecular Hbond substituents is 1. The van der Waals surface area contributed by atoms with E-state index in [4.69, 9.17) is 9.47 Å². The number of carbonyl (C=O) groups is 1. The highest BCUT2D eigenvalue weighted by Gasteiger charge is 2.38. The van der Waals surface area contributed by atoms with E-state index in [1.807, 2.05) is 0 Å². The van der Waals surface area contributed by atoms with Crippen LogP contribution in [0.1, 0.15) is 12.0 Å². The molecule has 0 aliphatic rings. The molecule has 7 nitrogen and oxygen atoms in total. The lowest BCUT2D eigenvalue weighted by Gasteiger charge is -2.09. The third-order valence-corrected chi connectivity index (χ3v) is 5.23. The van der Waals surface area contributed by atoms with Crippen LogP contribution < -0.4 is 5.32 Å². The topological polar surface area (TPSA) is 102 Å². The second kappa shape index (κ2) is 10.6. The molecular weight excluding hydrogens is 410 g/mol. The Morgan fingerprint density at radius 2 is 1.75 bits per heavy atom. The number of alkyl halides is 3. The quantitative estimate of drug-likeness (QED) is 0.409. The van der Waals surface area contributed by atoms with Crippen molar-refractivity contribution < 1.29 is 45.4 Å². The van der Waals surface area contributed by atoms with Crippen LogP contribution in [-0.4, -0.2) is 64.3 Å². The Labute approximate surface area is 159 Å². The lowest BCUT2D eigenvalue weighted by molar-refractivity contribution is -0.173. The number of phenols is 1. The maximum Gasteiger partial charge on any atom is 0.471 e. The van der Waals surface area contributed by atoms with Gasteiger partial charge >= 0.3 is 12.1 Å². The van der Waals surface area contributed by atoms with Gasteiger partial charge in [0.25, 0.3) is 0 Å². The van der Waals surface area contributed by atoms with Gasteiger partial charge in [-0.15, -0.1) is 0 Å². The van der Waals surface area contributed by atoms with E-state index in [1.165, 1.54) is 13.0 Å². The molecule has 0 saturated carbocycles. The minimum absolute atomic E-state index is 0.0526. The van der Waals surface area contributed by atoms with E-state index in [1.54, 1.807) is 5.32 Å². The molecule has 0 heterocycles. The Morgan fingerprint density at radius 3 is 2.32 bits per heavy atom. The molecule has 0 aliphatic carbocycles. The van der Waals surface area contributed by atoms with Crippen molar-refractivity contribution in [3.63, 3.8) is 0 Å². The Morgan fingerprint density at radius 1 is 1.14 bits per heavy atom. The molecule has 0 bridgehead atoms. The summed E-state index contributed by atoms with van der Waals surface area (Å²) in [6, 6.07) is 1.93. The summed E-state index contributed by atoms with van der Waals surface area (Å²) >= 11 is 0. The minimum atomic E-state index is -4.94. The van der Waals surface area contributed by atoms with Crippen LogP contribution in [-0.2, 0) is 24.1 Å². The van der Waals surface area contributed by atoms with Gasteiger partial charge in [0.2, 0.25) is 0 Å². The highest BCUT2D eigenvalue weighted by Crippen LogP contribution is 2.25. The summed E-state index contributed by atoms with van der Waals surface area (Å²) < 4.78 is 83.5. The third kappa shape index (κ3) is 7.98. The zero-order valence-corrected chi connectivity index (χ0v) is 15.8. The van der Waals surface area contributed by atoms with Crippen LogP contribution >= 0.6 is 0 Å². The molecule has 0 saturated heterocycles. The number of aryl methyl sites for hydroxylation is 1. The van der Waals surface area contributed by atoms with Crippen LogP contribution in [0.5, 0.6) is 5.75 Å². The number of ether oxygens (including phenoxy) is 2. The molecule has 12 heteroatoms. The number of halogens is 4. The van der Waals surface area contributed by atoms with Gasteiger partial charge in [0, 0.05) is 13.2 Å². The fourth-order valence-electron chi connectivity index (χ4n) is 2.01. The molecule has 2 N–H and O–H groups in total. The standard InChI is InChI=1S/C16H21F4NO6S/c1-11-9-12(10-13(17)14(11)22)28(24,25)8-2-4-26-6-7-27-5-3-21-15(23)16(18,19)20/h9-10,22H,2-8H2,1H3,(H,21,23). The molecule has 0 radical (unpaired) electrons. The Bertz CT molecular complexity index is 744. The van der Waals surface area contributed by atoms with Crippen molar-refractivity contribution >= 4 is 15.7 Å². The van der Waals surface area contributed by atoms with E-state index in [0.717, 1.165) is 6.07 Å². The van der Waals surface area contributed by atoms with Gasteiger partial charge in [-0.25, -0.2) is 12.8 Å². The predicted molar refractivity (Wildman–Crippen MR) is 90.2 cm³/mol. The number of carbonyl (C=O) groups excluding carboxylic acids is 1. The van der Waals surface area contributed by atoms with Crippen molar-refractivity contribution in [3.8, 4) is 5.75 Å². The van der Waals surface area contributed by atoms with Crippen LogP contribution in [0.4, 0.5) is 17.6 Å². The van der Waals surface area contributed by atoms with Crippen molar-refractivity contribution in [1.82, 2.24) is 5.32 Å². The van der Waals surface area contributed by atoms with Gasteiger partial charge in [-0.3, -0.25) is 4.79 Å². The molecule has 1 aromatic carbocycles. The summed E-state index contributed by atoms with van der Waals surface area (Å²) in [5.74, 6) is -3.95. The summed E-state index contributed by atoms with van der Waals surface area (Å²) in [7, 11) is -3.74. The Balaban J connectivity index is 2.18. The fourth-order valence-corrected chi connectivity index (χ4v) is 3.39. The predicted octanol–water partition coefficient (Wildman–Crippen LogP) is 1.72. The van der Waals surface area contributed by atoms with Crippen molar-refractivity contribution in [2.75, 3.05) is 38.7 Å². The number of aromatic hydroxyl groups is 1. The van der Waals surface area contributed by atoms with Crippen LogP contribution in [0.3, 0.4) is 0 Å². The van der Waals surface area contributed by atoms with Gasteiger partial charge in [0.05, 0.1) is 30.5 Å². The minimum Gasteiger partial charge on any atom is -0.505 e. The first-order valence-electron chi connectivity index (χ1n) is 8.17. The van der Waals surface area contributed by atoms with Gasteiger partial charge in [-0.05, 0) is 31.0 Å². The first-order valence-corrected chi connectivity index (χ1v) is 9.83. The van der Waals surface area contributed by atoms with E-state index >= 15 is 0 Å². The van der Waals surface area contributed by atoms with Gasteiger partial charge in [0.15, 0.2) is 21.4 Å². The zero-order valence-electron chi connectivity index (χ0n) is 15.0. The number of hydrogen-bond donors (Lipinski definition) is 2. The van der Waals surface area contributed by atoms with E-state index < -0.39 is 33.5 Å². The first-order chi connectivity index (χ1) is 12.9. The highest BCUT2D eigenvalue weighted by atomic mass is 32.2. The number of benzene rings is 1. The smallest absolute Gasteiger partial charge is 0.471 e. The summed E-state index contributed by atoms with van der Waals surface area (Å²) in [5.41, 5.74) is 0.110. The molecule has 0 atom stereocenters. The highest BCUT2D eigenvalue weighted by molar-refractivity contribution is 7.91. The molecule has 1 rings (SSSR count). The van der Waals surface area contributed by atoms with Crippen LogP contribution in [0.25, 0.3) is 0 Å². The SMILES string of the molecule is Cc1cc(S(=O)(=O)CCCOCCOCCNC(=O)C(F)(F)F)cc(F)c1O. The molecule has 1 amide bonds. The molecular formula is C16H21F4NO6S. The molecule has 0 fully saturated rings. The average molecular weight is 431 g/mol. The molecule has 160 valence electrons. The third-order valence-electron chi connectivity index (χ3n) is 3.45. The zero-order chi connectivity index (χ0) is 21.4. The maximum absolute atomic E-state index is 13.5. The summed E-state index contributed by atoms with van der Waals surface area (Å²) in [6.07, 6.45) is -4.81. The monoisotopic (exact) mass is 431 g/mol. The second-order valence-electron chi connectivity index (χ2n) is 5.72. The lowest BCUT2D eigenvalue weighted by atomic mass is 10.2. The molecule has 0 aliphatic heterocycles. The Hall–Kier alpha value is -1.92. The second-order valence-corrected chi connectivity index (χ2v) is 7.83. The number of amides is 1. The van der Waals surface area contributed by atoms with Crippen molar-refractivity contribution in [2.24, 2.45) is 0 Å². The van der Waals surface area contributed by atoms with Gasteiger partial charge < -0.3 is 19.9 Å². The van der Waals surface area contributed by atoms with Crippen LogP contribution in [0, 0.1) is 12.7 Å². The van der Waals surface area contributed by atoms with E-state index in [0.29, 0.717) is 0 Å². The van der Waals surface area contributed by atoms with Crippen LogP contribution in [0.2, 0.25) is 0 Å². The van der Waals surface area contributed by atoms with E-state index in [2.05, 4.69) is 0 Å². The molecule has 28 heavy (non-hydrogen) atoms. The molecule has 0 unspecified atom stereocenters. The van der Waals surface area contributed by atoms with E-state index in [-0.39, 0.29) is 55.6 Å². The fraction of sp³-hybridized carbons (Fsp3) is 0.562. The number of rotatable bonds is 11. The normalized spacial score (nSPS) is 12.2. The number of hydrogen-bond acceptors (Lipinski definition) is 6. The average Bonchev–Trinajstić information content (AvgIpc) is 2.59. The van der Waals surface area contributed by atoms with Crippen molar-refractivity contribution in [3.05, 3.63) is 23.5 Å². The van der Waals surface area contributed by atoms with Gasteiger partial charge in [-0.1, -0.05) is 0 Å². The number of nitrogens with one attached hydrogen (secondary N) is 1. The van der Waals surface area contributed by atoms with Gasteiger partial charge in [-0.2, -0.15) is 13.2 Å². The Kier molecular flexibility index (Phi) is 9.11.